The first-order valence-corrected chi connectivity index (χ1v) is 16.1. The molecule has 48 heavy (non-hydrogen) atoms. The summed E-state index contributed by atoms with van der Waals surface area (Å²) in [5.74, 6) is -1.19. The van der Waals surface area contributed by atoms with Crippen molar-refractivity contribution in [3.63, 3.8) is 0 Å². The molecule has 5 aromatic carbocycles. The van der Waals surface area contributed by atoms with Gasteiger partial charge >= 0.3 is 0 Å². The van der Waals surface area contributed by atoms with Gasteiger partial charge in [0, 0.05) is 70.4 Å². The highest BCUT2D eigenvalue weighted by Gasteiger charge is 2.36. The predicted octanol–water partition coefficient (Wildman–Crippen LogP) is 5.06. The normalized spacial score (nSPS) is 14.5. The first-order chi connectivity index (χ1) is 23.3. The Morgan fingerprint density at radius 3 is 1.00 bits per heavy atom. The molecule has 0 aliphatic carbocycles. The Balaban J connectivity index is 1.15. The predicted molar refractivity (Wildman–Crippen MR) is 181 cm³/mol. The molecule has 8 nitrogen and oxygen atoms in total. The molecule has 2 aromatic heterocycles. The number of carbonyl (C=O) groups is 4. The minimum absolute atomic E-state index is 0.284. The number of aromatic nitrogens is 2. The molecule has 0 atom stereocenters. The first-order valence-electron chi connectivity index (χ1n) is 16.1. The number of carbonyl (C=O) groups excluding carboxylic acids is 4. The van der Waals surface area contributed by atoms with Gasteiger partial charge in [-0.05, 0) is 80.6 Å². The Bertz CT molecular complexity index is 2260. The van der Waals surface area contributed by atoms with Crippen LogP contribution in [0.1, 0.15) is 52.6 Å². The highest BCUT2D eigenvalue weighted by atomic mass is 16.2. The van der Waals surface area contributed by atoms with Crippen LogP contribution in [0.5, 0.6) is 0 Å². The molecule has 232 valence electrons. The van der Waals surface area contributed by atoms with Crippen molar-refractivity contribution in [3.8, 4) is 0 Å². The molecular formula is C40H30N4O4+2. The number of hydrogen-bond acceptors (Lipinski definition) is 4. The van der Waals surface area contributed by atoms with E-state index in [0.29, 0.717) is 45.9 Å². The molecule has 4 heterocycles. The number of benzene rings is 5. The van der Waals surface area contributed by atoms with Gasteiger partial charge < -0.3 is 0 Å². The molecule has 7 aromatic rings. The fraction of sp³-hybridized carbons (Fsp3) is 0.150. The largest absolute Gasteiger partial charge is 0.274 e. The molecular weight excluding hydrogens is 600 g/mol. The number of imide groups is 2. The van der Waals surface area contributed by atoms with E-state index in [9.17, 15) is 19.2 Å². The number of nitrogens with zero attached hydrogens (tertiary/aromatic N) is 4. The molecule has 0 unspecified atom stereocenters. The van der Waals surface area contributed by atoms with Crippen LogP contribution in [0.3, 0.4) is 0 Å². The maximum Gasteiger partial charge on any atom is 0.261 e. The van der Waals surface area contributed by atoms with E-state index in [0.717, 1.165) is 43.4 Å². The average Bonchev–Trinajstić information content (AvgIpc) is 3.10. The Morgan fingerprint density at radius 2 is 0.708 bits per heavy atom. The van der Waals surface area contributed by atoms with Crippen LogP contribution >= 0.6 is 0 Å². The second-order valence-corrected chi connectivity index (χ2v) is 12.9. The molecule has 2 aliphatic rings. The molecule has 0 N–H and O–H groups in total. The van der Waals surface area contributed by atoms with E-state index in [1.54, 1.807) is 0 Å². The number of amides is 4. The monoisotopic (exact) mass is 630 g/mol. The number of pyridine rings is 2. The molecule has 0 saturated carbocycles. The molecule has 0 radical (unpaired) electrons. The van der Waals surface area contributed by atoms with Gasteiger partial charge in [0.25, 0.3) is 23.6 Å². The molecule has 8 heteroatoms. The van der Waals surface area contributed by atoms with E-state index < -0.39 is 0 Å². The van der Waals surface area contributed by atoms with Crippen molar-refractivity contribution < 1.29 is 28.3 Å². The highest BCUT2D eigenvalue weighted by Crippen LogP contribution is 2.46. The van der Waals surface area contributed by atoms with Crippen molar-refractivity contribution in [2.24, 2.45) is 14.1 Å². The van der Waals surface area contributed by atoms with Gasteiger partial charge in [-0.3, -0.25) is 29.0 Å². The lowest BCUT2D eigenvalue weighted by molar-refractivity contribution is -0.671. The maximum atomic E-state index is 13.9. The number of hydrogen-bond donors (Lipinski definition) is 0. The summed E-state index contributed by atoms with van der Waals surface area (Å²) < 4.78 is 3.89. The molecule has 2 aliphatic heterocycles. The van der Waals surface area contributed by atoms with Crippen LogP contribution in [0.4, 0.5) is 0 Å². The summed E-state index contributed by atoms with van der Waals surface area (Å²) in [4.78, 5) is 58.2. The van der Waals surface area contributed by atoms with Crippen molar-refractivity contribution in [2.75, 3.05) is 13.1 Å². The van der Waals surface area contributed by atoms with Gasteiger partial charge in [-0.15, -0.1) is 0 Å². The Morgan fingerprint density at radius 1 is 0.417 bits per heavy atom. The Labute approximate surface area is 275 Å². The van der Waals surface area contributed by atoms with E-state index in [1.807, 2.05) is 121 Å². The van der Waals surface area contributed by atoms with Crippen LogP contribution in [-0.2, 0) is 26.9 Å². The number of rotatable bonds is 6. The van der Waals surface area contributed by atoms with Crippen molar-refractivity contribution in [1.29, 1.82) is 0 Å². The summed E-state index contributed by atoms with van der Waals surface area (Å²) >= 11 is 0. The summed E-state index contributed by atoms with van der Waals surface area (Å²) in [7, 11) is 3.89. The minimum Gasteiger partial charge on any atom is -0.274 e. The van der Waals surface area contributed by atoms with E-state index in [4.69, 9.17) is 0 Å². The smallest absolute Gasteiger partial charge is 0.261 e. The quantitative estimate of drug-likeness (QED) is 0.111. The SMILES string of the molecule is C[n+]1ccc(CCN2C(=O)c3ccc4c5ccc6c7c(ccc(c8ccc(c3c48)C2=O)c75)C(=O)N(CCc2cc[n+](C)cc2)C6=O)cc1. The molecule has 0 spiro atoms. The number of aryl methyl sites for hydroxylation is 2. The molecule has 9 rings (SSSR count). The summed E-state index contributed by atoms with van der Waals surface area (Å²) in [6.07, 6.45) is 8.93. The van der Waals surface area contributed by atoms with Crippen LogP contribution in [0.25, 0.3) is 43.1 Å². The molecule has 0 fully saturated rings. The van der Waals surface area contributed by atoms with Crippen LogP contribution in [-0.4, -0.2) is 46.5 Å². The lowest BCUT2D eigenvalue weighted by Gasteiger charge is -2.30. The van der Waals surface area contributed by atoms with E-state index in [2.05, 4.69) is 0 Å². The summed E-state index contributed by atoms with van der Waals surface area (Å²) in [5.41, 5.74) is 4.12. The van der Waals surface area contributed by atoms with Crippen LogP contribution in [0.15, 0.2) is 97.6 Å². The lowest BCUT2D eigenvalue weighted by Crippen LogP contribution is -2.41. The van der Waals surface area contributed by atoms with Crippen molar-refractivity contribution >= 4 is 66.7 Å². The van der Waals surface area contributed by atoms with Gasteiger partial charge in [0.15, 0.2) is 24.8 Å². The Hall–Kier alpha value is -6.02. The Kier molecular flexibility index (Phi) is 6.02. The second-order valence-electron chi connectivity index (χ2n) is 12.9. The van der Waals surface area contributed by atoms with Gasteiger partial charge in [0.1, 0.15) is 14.1 Å². The standard InChI is InChI=1S/C40H30N4O4/c1-41-17-11-23(12-18-41)15-21-43-37(45)29-7-3-25-27-5-9-31-36-32(40(48)44(39(31)47)22-16-24-13-19-42(2)20-14-24)10-6-28(34(27)36)26-4-8-30(38(43)46)35(29)33(25)26/h3-14,17-20H,15-16,21-22H2,1-2H3/q+2. The fourth-order valence-electron chi connectivity index (χ4n) is 7.65. The minimum atomic E-state index is -0.297. The van der Waals surface area contributed by atoms with Crippen molar-refractivity contribution in [3.05, 3.63) is 131 Å². The van der Waals surface area contributed by atoms with Crippen molar-refractivity contribution in [2.45, 2.75) is 12.8 Å². The van der Waals surface area contributed by atoms with Crippen LogP contribution in [0, 0.1) is 0 Å². The topological polar surface area (TPSA) is 82.5 Å². The summed E-state index contributed by atoms with van der Waals surface area (Å²) in [5, 5.41) is 6.55. The maximum absolute atomic E-state index is 13.9. The second kappa shape index (κ2) is 10.2. The van der Waals surface area contributed by atoms with Gasteiger partial charge in [-0.2, -0.15) is 0 Å². The van der Waals surface area contributed by atoms with E-state index >= 15 is 0 Å². The molecule has 4 amide bonds. The highest BCUT2D eigenvalue weighted by molar-refractivity contribution is 6.41. The zero-order valence-electron chi connectivity index (χ0n) is 26.5. The lowest BCUT2D eigenvalue weighted by atomic mass is 9.82. The van der Waals surface area contributed by atoms with Crippen molar-refractivity contribution in [1.82, 2.24) is 9.80 Å². The number of fused-ring (bicyclic) bond motifs is 2. The molecule has 0 saturated heterocycles. The third-order valence-corrected chi connectivity index (χ3v) is 10.1. The van der Waals surface area contributed by atoms with E-state index in [1.165, 1.54) is 9.80 Å². The van der Waals surface area contributed by atoms with Crippen LogP contribution < -0.4 is 9.13 Å². The van der Waals surface area contributed by atoms with Gasteiger partial charge in [-0.25, -0.2) is 9.13 Å². The van der Waals surface area contributed by atoms with Crippen LogP contribution in [0.2, 0.25) is 0 Å². The summed E-state index contributed by atoms with van der Waals surface area (Å²) in [6.45, 7) is 0.569. The summed E-state index contributed by atoms with van der Waals surface area (Å²) in [6, 6.07) is 23.0. The zero-order valence-corrected chi connectivity index (χ0v) is 26.5. The first kappa shape index (κ1) is 28.2. The van der Waals surface area contributed by atoms with Gasteiger partial charge in [-0.1, -0.05) is 24.3 Å². The third kappa shape index (κ3) is 3.95. The third-order valence-electron chi connectivity index (χ3n) is 10.1. The fourth-order valence-corrected chi connectivity index (χ4v) is 7.65. The van der Waals surface area contributed by atoms with E-state index in [-0.39, 0.29) is 36.7 Å². The van der Waals surface area contributed by atoms with Gasteiger partial charge in [0.05, 0.1) is 0 Å². The molecule has 0 bridgehead atoms. The average molecular weight is 631 g/mol. The zero-order chi connectivity index (χ0) is 32.8. The van der Waals surface area contributed by atoms with Gasteiger partial charge in [0.2, 0.25) is 0 Å².